The number of rotatable bonds is 4. The molecule has 0 amide bonds. The molecule has 0 aromatic carbocycles. The molecule has 0 heterocycles. The summed E-state index contributed by atoms with van der Waals surface area (Å²) in [5, 5.41) is 8.19. The fraction of sp³-hybridized carbons (Fsp3) is 1.00. The summed E-state index contributed by atoms with van der Waals surface area (Å²) in [6.45, 7) is -0.0531. The predicted molar refractivity (Wildman–Crippen MR) is 35.1 cm³/mol. The Morgan fingerprint density at radius 2 is 1.80 bits per heavy atom. The molecule has 0 saturated heterocycles. The molecule has 0 aliphatic carbocycles. The fourth-order valence-electron chi connectivity index (χ4n) is 0.355. The molecule has 0 rings (SSSR count). The second-order valence-corrected chi connectivity index (χ2v) is 2.93. The fourth-order valence-corrected chi connectivity index (χ4v) is 1.06. The van der Waals surface area contributed by atoms with Gasteiger partial charge in [-0.25, -0.2) is 0 Å². The van der Waals surface area contributed by atoms with Crippen LogP contribution in [0.3, 0.4) is 0 Å². The third-order valence-corrected chi connectivity index (χ3v) is 1.73. The van der Waals surface area contributed by atoms with Crippen LogP contribution in [-0.4, -0.2) is 29.4 Å². The lowest BCUT2D eigenvalue weighted by Crippen LogP contribution is -2.08. The van der Waals surface area contributed by atoms with Gasteiger partial charge in [0.1, 0.15) is 0 Å². The molecule has 0 fully saturated rings. The maximum Gasteiger partial charge on any atom is 0.389 e. The van der Waals surface area contributed by atoms with E-state index in [4.69, 9.17) is 5.11 Å². The largest absolute Gasteiger partial charge is 0.396 e. The number of hydrogen-bond donors (Lipinski definition) is 1. The first kappa shape index (κ1) is 10.1. The normalized spacial score (nSPS) is 12.0. The smallest absolute Gasteiger partial charge is 0.389 e. The van der Waals surface area contributed by atoms with Gasteiger partial charge in [-0.05, 0) is 0 Å². The lowest BCUT2D eigenvalue weighted by molar-refractivity contribution is -0.129. The minimum absolute atomic E-state index is 0.0457. The highest BCUT2D eigenvalue weighted by Gasteiger charge is 2.25. The van der Waals surface area contributed by atoms with Crippen molar-refractivity contribution in [2.75, 3.05) is 18.1 Å². The van der Waals surface area contributed by atoms with Gasteiger partial charge in [0, 0.05) is 11.5 Å². The van der Waals surface area contributed by atoms with Crippen molar-refractivity contribution in [2.24, 2.45) is 0 Å². The highest BCUT2D eigenvalue weighted by atomic mass is 32.2. The van der Waals surface area contributed by atoms with Gasteiger partial charge in [-0.15, -0.1) is 0 Å². The molecule has 1 N–H and O–H groups in total. The van der Waals surface area contributed by atoms with Crippen molar-refractivity contribution in [1.82, 2.24) is 0 Å². The summed E-state index contributed by atoms with van der Waals surface area (Å²) in [7, 11) is 0. The van der Waals surface area contributed by atoms with Crippen LogP contribution < -0.4 is 0 Å². The van der Waals surface area contributed by atoms with Gasteiger partial charge in [-0.3, -0.25) is 0 Å². The van der Waals surface area contributed by atoms with Gasteiger partial charge in [-0.1, -0.05) is 0 Å². The van der Waals surface area contributed by atoms with Crippen molar-refractivity contribution in [3.63, 3.8) is 0 Å². The first-order valence-electron chi connectivity index (χ1n) is 2.81. The minimum Gasteiger partial charge on any atom is -0.396 e. The van der Waals surface area contributed by atoms with Crippen molar-refractivity contribution in [3.8, 4) is 0 Å². The monoisotopic (exact) mass is 174 g/mol. The third kappa shape index (κ3) is 8.10. The van der Waals surface area contributed by atoms with Crippen LogP contribution in [0.4, 0.5) is 13.2 Å². The number of hydrogen-bond acceptors (Lipinski definition) is 2. The Labute approximate surface area is 61.6 Å². The molecule has 1 nitrogen and oxygen atoms in total. The van der Waals surface area contributed by atoms with E-state index in [-0.39, 0.29) is 12.4 Å². The van der Waals surface area contributed by atoms with Gasteiger partial charge >= 0.3 is 6.18 Å². The van der Waals surface area contributed by atoms with E-state index in [0.29, 0.717) is 5.75 Å². The van der Waals surface area contributed by atoms with Gasteiger partial charge in [0.2, 0.25) is 0 Å². The molecule has 0 aromatic heterocycles. The molecular weight excluding hydrogens is 165 g/mol. The Balaban J connectivity index is 3.04. The van der Waals surface area contributed by atoms with Crippen molar-refractivity contribution < 1.29 is 18.3 Å². The van der Waals surface area contributed by atoms with E-state index < -0.39 is 12.6 Å². The predicted octanol–water partition coefficient (Wildman–Crippen LogP) is 1.66. The van der Waals surface area contributed by atoms with Crippen LogP contribution in [0.15, 0.2) is 0 Å². The summed E-state index contributed by atoms with van der Waals surface area (Å²) in [5.74, 6) is 0.431. The van der Waals surface area contributed by atoms with E-state index in [2.05, 4.69) is 0 Å². The first-order chi connectivity index (χ1) is 4.56. The first-order valence-corrected chi connectivity index (χ1v) is 3.97. The summed E-state index contributed by atoms with van der Waals surface area (Å²) >= 11 is 1.11. The molecule has 0 saturated carbocycles. The lowest BCUT2D eigenvalue weighted by atomic mass is 10.5. The van der Waals surface area contributed by atoms with Gasteiger partial charge < -0.3 is 5.11 Å². The van der Waals surface area contributed by atoms with Crippen LogP contribution >= 0.6 is 11.8 Å². The summed E-state index contributed by atoms with van der Waals surface area (Å²) in [5.41, 5.74) is 0. The van der Waals surface area contributed by atoms with Crippen LogP contribution in [0.2, 0.25) is 0 Å². The zero-order valence-corrected chi connectivity index (χ0v) is 6.13. The maximum atomic E-state index is 11.4. The van der Waals surface area contributed by atoms with E-state index in [0.717, 1.165) is 11.8 Å². The number of aliphatic hydroxyl groups is 1. The third-order valence-electron chi connectivity index (χ3n) is 0.765. The van der Waals surface area contributed by atoms with Gasteiger partial charge in [0.15, 0.2) is 0 Å². The Morgan fingerprint density at radius 3 is 2.20 bits per heavy atom. The average Bonchev–Trinajstić information content (AvgIpc) is 1.78. The molecule has 10 heavy (non-hydrogen) atoms. The number of aliphatic hydroxyl groups excluding tert-OH is 1. The molecular formula is C5H9F3OS. The van der Waals surface area contributed by atoms with E-state index in [9.17, 15) is 13.2 Å². The van der Waals surface area contributed by atoms with Crippen LogP contribution in [0.25, 0.3) is 0 Å². The molecule has 0 radical (unpaired) electrons. The zero-order valence-electron chi connectivity index (χ0n) is 5.32. The molecule has 0 atom stereocenters. The topological polar surface area (TPSA) is 20.2 Å². The van der Waals surface area contributed by atoms with Crippen LogP contribution in [0.5, 0.6) is 0 Å². The number of halogens is 3. The van der Waals surface area contributed by atoms with E-state index in [1.54, 1.807) is 0 Å². The van der Waals surface area contributed by atoms with E-state index in [1.807, 2.05) is 0 Å². The second kappa shape index (κ2) is 4.85. The molecule has 5 heteroatoms. The van der Waals surface area contributed by atoms with Crippen molar-refractivity contribution in [2.45, 2.75) is 12.6 Å². The number of thioether (sulfide) groups is 1. The lowest BCUT2D eigenvalue weighted by Gasteiger charge is -2.03. The Morgan fingerprint density at radius 1 is 1.20 bits per heavy atom. The molecule has 0 aromatic rings. The molecule has 0 aliphatic heterocycles. The van der Waals surface area contributed by atoms with Crippen LogP contribution in [0, 0.1) is 0 Å². The van der Waals surface area contributed by atoms with Crippen LogP contribution in [-0.2, 0) is 0 Å². The number of alkyl halides is 3. The summed E-state index contributed by atoms with van der Waals surface area (Å²) in [4.78, 5) is 0. The average molecular weight is 174 g/mol. The molecule has 0 spiro atoms. The van der Waals surface area contributed by atoms with E-state index >= 15 is 0 Å². The standard InChI is InChI=1S/C5H9F3OS/c6-5(7,8)1-3-10-4-2-9/h9H,1-4H2. The Kier molecular flexibility index (Phi) is 4.89. The molecule has 0 aliphatic rings. The summed E-state index contributed by atoms with van der Waals surface area (Å²) in [6, 6.07) is 0. The van der Waals surface area contributed by atoms with Crippen molar-refractivity contribution >= 4 is 11.8 Å². The minimum atomic E-state index is -4.05. The highest BCUT2D eigenvalue weighted by molar-refractivity contribution is 7.99. The zero-order chi connectivity index (χ0) is 8.04. The maximum absolute atomic E-state index is 11.4. The van der Waals surface area contributed by atoms with Gasteiger partial charge in [0.05, 0.1) is 13.0 Å². The Bertz CT molecular complexity index is 83.5. The van der Waals surface area contributed by atoms with E-state index in [1.165, 1.54) is 0 Å². The van der Waals surface area contributed by atoms with Gasteiger partial charge in [-0.2, -0.15) is 24.9 Å². The Hall–Kier alpha value is 0.100. The summed E-state index contributed by atoms with van der Waals surface area (Å²) in [6.07, 6.45) is -4.82. The summed E-state index contributed by atoms with van der Waals surface area (Å²) < 4.78 is 34.2. The SMILES string of the molecule is OCCSCCC(F)(F)F. The van der Waals surface area contributed by atoms with Gasteiger partial charge in [0.25, 0.3) is 0 Å². The van der Waals surface area contributed by atoms with Crippen molar-refractivity contribution in [3.05, 3.63) is 0 Å². The van der Waals surface area contributed by atoms with Crippen LogP contribution in [0.1, 0.15) is 6.42 Å². The molecule has 0 unspecified atom stereocenters. The second-order valence-electron chi connectivity index (χ2n) is 1.70. The molecule has 0 bridgehead atoms. The highest BCUT2D eigenvalue weighted by Crippen LogP contribution is 2.21. The molecule has 62 valence electrons. The quantitative estimate of drug-likeness (QED) is 0.654. The van der Waals surface area contributed by atoms with Crippen molar-refractivity contribution in [1.29, 1.82) is 0 Å².